The highest BCUT2D eigenvalue weighted by molar-refractivity contribution is 7.92. The Kier molecular flexibility index (Phi) is 6.29. The highest BCUT2D eigenvalue weighted by Gasteiger charge is 2.31. The molecular formula is C12H26N2O3S. The van der Waals surface area contributed by atoms with E-state index in [1.807, 2.05) is 13.8 Å². The lowest BCUT2D eigenvalue weighted by atomic mass is 10.2. The molecule has 0 saturated heterocycles. The fraction of sp³-hybridized carbons (Fsp3) is 0.917. The number of nitrogens with one attached hydrogen (secondary N) is 1. The zero-order valence-corrected chi connectivity index (χ0v) is 13.1. The van der Waals surface area contributed by atoms with Crippen LogP contribution in [0.4, 0.5) is 0 Å². The lowest BCUT2D eigenvalue weighted by molar-refractivity contribution is -0.132. The van der Waals surface area contributed by atoms with E-state index in [1.165, 1.54) is 6.26 Å². The summed E-state index contributed by atoms with van der Waals surface area (Å²) in [4.78, 5) is 13.7. The number of carbonyl (C=O) groups excluding carboxylic acids is 1. The molecule has 0 aliphatic rings. The quantitative estimate of drug-likeness (QED) is 0.743. The summed E-state index contributed by atoms with van der Waals surface area (Å²) in [6.45, 7) is 10.5. The van der Waals surface area contributed by atoms with Crippen LogP contribution in [0.3, 0.4) is 0 Å². The van der Waals surface area contributed by atoms with Gasteiger partial charge < -0.3 is 10.2 Å². The summed E-state index contributed by atoms with van der Waals surface area (Å²) < 4.78 is 22.2. The van der Waals surface area contributed by atoms with Crippen molar-refractivity contribution in [2.24, 2.45) is 0 Å². The summed E-state index contributed by atoms with van der Waals surface area (Å²) in [5.41, 5.74) is 0. The maximum absolute atomic E-state index is 12.0. The molecule has 6 heteroatoms. The fourth-order valence-electron chi connectivity index (χ4n) is 1.43. The van der Waals surface area contributed by atoms with E-state index in [-0.39, 0.29) is 18.5 Å². The minimum absolute atomic E-state index is 0.00398. The van der Waals surface area contributed by atoms with Crippen LogP contribution in [-0.2, 0) is 14.6 Å². The summed E-state index contributed by atoms with van der Waals surface area (Å²) in [6, 6.07) is -0.370. The number of amides is 1. The Morgan fingerprint density at radius 2 is 1.72 bits per heavy atom. The van der Waals surface area contributed by atoms with Gasteiger partial charge in [0.05, 0.1) is 10.8 Å². The first kappa shape index (κ1) is 17.4. The molecule has 1 N–H and O–H groups in total. The normalized spacial score (nSPS) is 14.3. The maximum Gasteiger partial charge on any atom is 0.239 e. The second kappa shape index (κ2) is 6.52. The van der Waals surface area contributed by atoms with Gasteiger partial charge in [-0.25, -0.2) is 8.42 Å². The molecule has 0 fully saturated rings. The van der Waals surface area contributed by atoms with Gasteiger partial charge >= 0.3 is 0 Å². The van der Waals surface area contributed by atoms with Crippen molar-refractivity contribution >= 4 is 15.7 Å². The number of nitrogens with zero attached hydrogens (tertiary/aromatic N) is 1. The number of rotatable bonds is 7. The average molecular weight is 278 g/mol. The Morgan fingerprint density at radius 3 is 2.06 bits per heavy atom. The number of hydrogen-bond acceptors (Lipinski definition) is 4. The number of hydrogen-bond donors (Lipinski definition) is 1. The molecule has 0 aromatic heterocycles. The van der Waals surface area contributed by atoms with Crippen LogP contribution in [0.5, 0.6) is 0 Å². The molecule has 0 rings (SSSR count). The Bertz CT molecular complexity index is 373. The van der Waals surface area contributed by atoms with Gasteiger partial charge in [-0.2, -0.15) is 0 Å². The standard InChI is InChI=1S/C12H26N2O3S/c1-7-14(8-2)11(15)10(3)13-9-12(4,5)18(6,16)17/h10,13H,7-9H2,1-6H3. The van der Waals surface area contributed by atoms with Gasteiger partial charge in [0.25, 0.3) is 0 Å². The Balaban J connectivity index is 4.52. The predicted molar refractivity (Wildman–Crippen MR) is 74.3 cm³/mol. The van der Waals surface area contributed by atoms with Gasteiger partial charge in [-0.05, 0) is 34.6 Å². The summed E-state index contributed by atoms with van der Waals surface area (Å²) in [7, 11) is -3.14. The van der Waals surface area contributed by atoms with E-state index in [9.17, 15) is 13.2 Å². The first-order chi connectivity index (χ1) is 8.06. The number of sulfone groups is 1. The Labute approximate surface area is 111 Å². The molecule has 0 aliphatic heterocycles. The van der Waals surface area contributed by atoms with Crippen molar-refractivity contribution in [3.05, 3.63) is 0 Å². The van der Waals surface area contributed by atoms with E-state index in [4.69, 9.17) is 0 Å². The first-order valence-corrected chi connectivity index (χ1v) is 8.17. The van der Waals surface area contributed by atoms with Crippen LogP contribution in [0.15, 0.2) is 0 Å². The highest BCUT2D eigenvalue weighted by atomic mass is 32.2. The van der Waals surface area contributed by atoms with Crippen LogP contribution in [0.1, 0.15) is 34.6 Å². The first-order valence-electron chi connectivity index (χ1n) is 6.28. The molecular weight excluding hydrogens is 252 g/mol. The fourth-order valence-corrected chi connectivity index (χ4v) is 1.77. The molecule has 1 unspecified atom stereocenters. The molecule has 18 heavy (non-hydrogen) atoms. The van der Waals surface area contributed by atoms with Gasteiger partial charge in [0.15, 0.2) is 9.84 Å². The van der Waals surface area contributed by atoms with Crippen LogP contribution in [0.25, 0.3) is 0 Å². The summed E-state index contributed by atoms with van der Waals surface area (Å²) in [5.74, 6) is 0.00398. The van der Waals surface area contributed by atoms with Crippen LogP contribution in [0.2, 0.25) is 0 Å². The molecule has 0 bridgehead atoms. The molecule has 0 aromatic rings. The van der Waals surface area contributed by atoms with Gasteiger partial charge in [0.2, 0.25) is 5.91 Å². The van der Waals surface area contributed by atoms with E-state index < -0.39 is 14.6 Å². The van der Waals surface area contributed by atoms with Crippen LogP contribution < -0.4 is 5.32 Å². The van der Waals surface area contributed by atoms with Gasteiger partial charge in [-0.3, -0.25) is 4.79 Å². The predicted octanol–water partition coefficient (Wildman–Crippen LogP) is 0.656. The third kappa shape index (κ3) is 4.57. The molecule has 0 aromatic carbocycles. The summed E-state index contributed by atoms with van der Waals surface area (Å²) in [6.07, 6.45) is 1.21. The largest absolute Gasteiger partial charge is 0.342 e. The molecule has 108 valence electrons. The molecule has 0 aliphatic carbocycles. The molecule has 5 nitrogen and oxygen atoms in total. The summed E-state index contributed by atoms with van der Waals surface area (Å²) >= 11 is 0. The van der Waals surface area contributed by atoms with E-state index in [0.29, 0.717) is 13.1 Å². The van der Waals surface area contributed by atoms with Crippen molar-refractivity contribution in [2.75, 3.05) is 25.9 Å². The van der Waals surface area contributed by atoms with Crippen LogP contribution in [0, 0.1) is 0 Å². The van der Waals surface area contributed by atoms with Crippen LogP contribution >= 0.6 is 0 Å². The molecule has 1 atom stereocenters. The zero-order chi connectivity index (χ0) is 14.6. The maximum atomic E-state index is 12.0. The van der Waals surface area contributed by atoms with E-state index in [2.05, 4.69) is 5.32 Å². The zero-order valence-electron chi connectivity index (χ0n) is 12.3. The Morgan fingerprint density at radius 1 is 1.28 bits per heavy atom. The minimum Gasteiger partial charge on any atom is -0.342 e. The topological polar surface area (TPSA) is 66.5 Å². The third-order valence-electron chi connectivity index (χ3n) is 3.28. The third-order valence-corrected chi connectivity index (χ3v) is 5.44. The van der Waals surface area contributed by atoms with Crippen molar-refractivity contribution in [2.45, 2.75) is 45.4 Å². The molecule has 0 spiro atoms. The van der Waals surface area contributed by atoms with E-state index >= 15 is 0 Å². The van der Waals surface area contributed by atoms with Gasteiger partial charge in [-0.1, -0.05) is 0 Å². The minimum atomic E-state index is -3.14. The number of carbonyl (C=O) groups is 1. The van der Waals surface area contributed by atoms with Gasteiger partial charge in [0, 0.05) is 25.9 Å². The van der Waals surface area contributed by atoms with E-state index in [1.54, 1.807) is 25.7 Å². The molecule has 1 amide bonds. The smallest absolute Gasteiger partial charge is 0.239 e. The van der Waals surface area contributed by atoms with Crippen molar-refractivity contribution in [3.63, 3.8) is 0 Å². The second-order valence-electron chi connectivity index (χ2n) is 5.14. The number of likely N-dealkylation sites (N-methyl/N-ethyl adjacent to an activating group) is 1. The average Bonchev–Trinajstić information content (AvgIpc) is 2.25. The summed E-state index contributed by atoms with van der Waals surface area (Å²) in [5, 5.41) is 3.01. The van der Waals surface area contributed by atoms with Gasteiger partial charge in [0.1, 0.15) is 0 Å². The SMILES string of the molecule is CCN(CC)C(=O)C(C)NCC(C)(C)S(C)(=O)=O. The molecule has 0 saturated carbocycles. The van der Waals surface area contributed by atoms with Gasteiger partial charge in [-0.15, -0.1) is 0 Å². The monoisotopic (exact) mass is 278 g/mol. The Hall–Kier alpha value is -0.620. The van der Waals surface area contributed by atoms with Crippen molar-refractivity contribution < 1.29 is 13.2 Å². The second-order valence-corrected chi connectivity index (χ2v) is 7.79. The molecule has 0 heterocycles. The lowest BCUT2D eigenvalue weighted by Crippen LogP contribution is -2.50. The molecule has 0 radical (unpaired) electrons. The van der Waals surface area contributed by atoms with Crippen LogP contribution in [-0.4, -0.2) is 55.9 Å². The van der Waals surface area contributed by atoms with Crippen molar-refractivity contribution in [3.8, 4) is 0 Å². The lowest BCUT2D eigenvalue weighted by Gasteiger charge is -2.27. The van der Waals surface area contributed by atoms with Crippen molar-refractivity contribution in [1.82, 2.24) is 10.2 Å². The van der Waals surface area contributed by atoms with Crippen molar-refractivity contribution in [1.29, 1.82) is 0 Å². The highest BCUT2D eigenvalue weighted by Crippen LogP contribution is 2.13. The van der Waals surface area contributed by atoms with E-state index in [0.717, 1.165) is 0 Å².